The number of benzene rings is 1. The van der Waals surface area contributed by atoms with E-state index in [1.807, 2.05) is 37.1 Å². The summed E-state index contributed by atoms with van der Waals surface area (Å²) in [4.78, 5) is 14.3. The Balaban J connectivity index is 0.00000312. The van der Waals surface area contributed by atoms with Crippen molar-refractivity contribution >= 4 is 36.4 Å². The number of hydrogen-bond donors (Lipinski definition) is 2. The van der Waals surface area contributed by atoms with Gasteiger partial charge in [0, 0.05) is 55.5 Å². The number of carbonyl (C=O) groups is 1. The van der Waals surface area contributed by atoms with Gasteiger partial charge < -0.3 is 25.0 Å². The lowest BCUT2D eigenvalue weighted by Gasteiger charge is -2.34. The molecule has 1 atom stereocenters. The molecule has 0 radical (unpaired) electrons. The molecule has 2 N–H and O–H groups in total. The van der Waals surface area contributed by atoms with Crippen LogP contribution in [-0.2, 0) is 4.79 Å². The Kier molecular flexibility index (Phi) is 11.5. The summed E-state index contributed by atoms with van der Waals surface area (Å²) in [7, 11) is 5.17. The topological polar surface area (TPSA) is 62.8 Å². The summed E-state index contributed by atoms with van der Waals surface area (Å²) in [5, 5.41) is 6.60. The van der Waals surface area contributed by atoms with Crippen molar-refractivity contribution in [1.29, 1.82) is 0 Å². The molecule has 150 valence electrons. The third-order valence-corrected chi connectivity index (χ3v) is 4.46. The molecule has 1 amide bonds. The maximum atomic E-state index is 12.4. The molecule has 1 aliphatic rings. The molecule has 6 nitrogen and oxygen atoms in total. The Bertz CT molecular complexity index is 530. The van der Waals surface area contributed by atoms with Crippen molar-refractivity contribution in [3.05, 3.63) is 18.2 Å². The second-order valence-corrected chi connectivity index (χ2v) is 6.30. The number of amides is 1. The van der Waals surface area contributed by atoms with Crippen LogP contribution < -0.4 is 20.1 Å². The number of rotatable bonds is 7. The third kappa shape index (κ3) is 6.74. The van der Waals surface area contributed by atoms with Crippen LogP contribution in [0.15, 0.2) is 18.2 Å². The van der Waals surface area contributed by atoms with Gasteiger partial charge in [-0.3, -0.25) is 4.79 Å². The first-order valence-electron chi connectivity index (χ1n) is 8.50. The van der Waals surface area contributed by atoms with Gasteiger partial charge in [-0.1, -0.05) is 6.92 Å². The van der Waals surface area contributed by atoms with E-state index in [0.717, 1.165) is 49.7 Å². The molecule has 26 heavy (non-hydrogen) atoms. The number of piperidine rings is 1. The molecule has 1 aliphatic heterocycles. The van der Waals surface area contributed by atoms with Crippen LogP contribution >= 0.6 is 24.8 Å². The monoisotopic (exact) mass is 407 g/mol. The van der Waals surface area contributed by atoms with E-state index in [2.05, 4.69) is 10.6 Å². The van der Waals surface area contributed by atoms with E-state index in [1.54, 1.807) is 14.2 Å². The summed E-state index contributed by atoms with van der Waals surface area (Å²) in [5.41, 5.74) is 0.986. The minimum Gasteiger partial charge on any atom is -0.497 e. The average molecular weight is 408 g/mol. The number of carbonyl (C=O) groups excluding carboxylic acids is 1. The first-order valence-corrected chi connectivity index (χ1v) is 8.50. The fraction of sp³-hybridized carbons (Fsp3) is 0.611. The van der Waals surface area contributed by atoms with Crippen LogP contribution in [0.2, 0.25) is 0 Å². The second kappa shape index (κ2) is 12.1. The lowest BCUT2D eigenvalue weighted by Crippen LogP contribution is -2.45. The van der Waals surface area contributed by atoms with Crippen molar-refractivity contribution in [2.75, 3.05) is 46.2 Å². The van der Waals surface area contributed by atoms with E-state index in [4.69, 9.17) is 9.47 Å². The Hall–Kier alpha value is -1.37. The number of likely N-dealkylation sites (tertiary alicyclic amines) is 1. The van der Waals surface area contributed by atoms with Gasteiger partial charge in [-0.25, -0.2) is 0 Å². The number of halogens is 2. The molecule has 1 aromatic rings. The summed E-state index contributed by atoms with van der Waals surface area (Å²) >= 11 is 0. The maximum absolute atomic E-state index is 12.4. The predicted octanol–water partition coefficient (Wildman–Crippen LogP) is 2.81. The minimum atomic E-state index is 0. The SMILES string of the molecule is CNCC(C)C(=O)N1CCC(Nc2cc(OC)cc(OC)c2)CC1.Cl.Cl. The fourth-order valence-corrected chi connectivity index (χ4v) is 3.08. The molecule has 1 fully saturated rings. The highest BCUT2D eigenvalue weighted by atomic mass is 35.5. The number of nitrogens with one attached hydrogen (secondary N) is 2. The molecule has 1 unspecified atom stereocenters. The number of hydrogen-bond acceptors (Lipinski definition) is 5. The zero-order valence-corrected chi connectivity index (χ0v) is 17.5. The maximum Gasteiger partial charge on any atom is 0.226 e. The van der Waals surface area contributed by atoms with Gasteiger partial charge in [0.15, 0.2) is 0 Å². The number of ether oxygens (including phenoxy) is 2. The van der Waals surface area contributed by atoms with Gasteiger partial charge in [-0.15, -0.1) is 24.8 Å². The van der Waals surface area contributed by atoms with Crippen LogP contribution in [-0.4, -0.2) is 57.8 Å². The molecule has 1 aromatic carbocycles. The van der Waals surface area contributed by atoms with Gasteiger partial charge in [-0.2, -0.15) is 0 Å². The molecule has 0 aliphatic carbocycles. The largest absolute Gasteiger partial charge is 0.497 e. The van der Waals surface area contributed by atoms with E-state index in [0.29, 0.717) is 6.04 Å². The number of nitrogens with zero attached hydrogens (tertiary/aromatic N) is 1. The van der Waals surface area contributed by atoms with Crippen molar-refractivity contribution < 1.29 is 14.3 Å². The lowest BCUT2D eigenvalue weighted by atomic mass is 10.0. The van der Waals surface area contributed by atoms with Crippen LogP contribution in [0.5, 0.6) is 11.5 Å². The summed E-state index contributed by atoms with van der Waals surface area (Å²) in [6.07, 6.45) is 1.88. The van der Waals surface area contributed by atoms with Crippen molar-refractivity contribution in [3.8, 4) is 11.5 Å². The van der Waals surface area contributed by atoms with Gasteiger partial charge in [0.1, 0.15) is 11.5 Å². The first-order chi connectivity index (χ1) is 11.6. The van der Waals surface area contributed by atoms with E-state index in [-0.39, 0.29) is 36.6 Å². The molecule has 0 saturated carbocycles. The smallest absolute Gasteiger partial charge is 0.226 e. The lowest BCUT2D eigenvalue weighted by molar-refractivity contribution is -0.135. The van der Waals surface area contributed by atoms with Crippen molar-refractivity contribution in [1.82, 2.24) is 10.2 Å². The van der Waals surface area contributed by atoms with E-state index < -0.39 is 0 Å². The molecular weight excluding hydrogens is 377 g/mol. The highest BCUT2D eigenvalue weighted by Crippen LogP contribution is 2.27. The minimum absolute atomic E-state index is 0. The Morgan fingerprint density at radius 3 is 2.15 bits per heavy atom. The molecule has 2 rings (SSSR count). The third-order valence-electron chi connectivity index (χ3n) is 4.46. The van der Waals surface area contributed by atoms with Crippen molar-refractivity contribution in [2.24, 2.45) is 5.92 Å². The van der Waals surface area contributed by atoms with Crippen LogP contribution in [0.1, 0.15) is 19.8 Å². The van der Waals surface area contributed by atoms with Crippen LogP contribution in [0.4, 0.5) is 5.69 Å². The summed E-state index contributed by atoms with van der Waals surface area (Å²) < 4.78 is 10.6. The normalized spacial score (nSPS) is 15.3. The van der Waals surface area contributed by atoms with Gasteiger partial charge >= 0.3 is 0 Å². The number of methoxy groups -OCH3 is 2. The Labute approximate surface area is 168 Å². The van der Waals surface area contributed by atoms with Gasteiger partial charge in [0.2, 0.25) is 5.91 Å². The van der Waals surface area contributed by atoms with E-state index >= 15 is 0 Å². The predicted molar refractivity (Wildman–Crippen MR) is 110 cm³/mol. The zero-order chi connectivity index (χ0) is 17.5. The van der Waals surface area contributed by atoms with E-state index in [1.165, 1.54) is 0 Å². The Morgan fingerprint density at radius 1 is 1.15 bits per heavy atom. The molecular formula is C18H31Cl2N3O3. The van der Waals surface area contributed by atoms with Crippen LogP contribution in [0, 0.1) is 5.92 Å². The van der Waals surface area contributed by atoms with E-state index in [9.17, 15) is 4.79 Å². The molecule has 1 saturated heterocycles. The van der Waals surface area contributed by atoms with Gasteiger partial charge in [-0.05, 0) is 19.9 Å². The molecule has 0 spiro atoms. The standard InChI is InChI=1S/C18H29N3O3.2ClH/c1-13(12-19-2)18(22)21-7-5-14(6-8-21)20-15-9-16(23-3)11-17(10-15)24-4;;/h9-11,13-14,19-20H,5-8,12H2,1-4H3;2*1H. The van der Waals surface area contributed by atoms with Gasteiger partial charge in [0.05, 0.1) is 14.2 Å². The Morgan fingerprint density at radius 2 is 1.69 bits per heavy atom. The summed E-state index contributed by atoms with van der Waals surface area (Å²) in [5.74, 6) is 1.81. The molecule has 8 heteroatoms. The summed E-state index contributed by atoms with van der Waals surface area (Å²) in [6.45, 7) is 4.30. The van der Waals surface area contributed by atoms with Crippen molar-refractivity contribution in [2.45, 2.75) is 25.8 Å². The highest BCUT2D eigenvalue weighted by molar-refractivity contribution is 5.85. The highest BCUT2D eigenvalue weighted by Gasteiger charge is 2.25. The second-order valence-electron chi connectivity index (χ2n) is 6.30. The average Bonchev–Trinajstić information content (AvgIpc) is 2.61. The van der Waals surface area contributed by atoms with Crippen LogP contribution in [0.25, 0.3) is 0 Å². The van der Waals surface area contributed by atoms with Crippen molar-refractivity contribution in [3.63, 3.8) is 0 Å². The molecule has 0 bridgehead atoms. The zero-order valence-electron chi connectivity index (χ0n) is 15.9. The van der Waals surface area contributed by atoms with Crippen LogP contribution in [0.3, 0.4) is 0 Å². The molecule has 1 heterocycles. The molecule has 0 aromatic heterocycles. The van der Waals surface area contributed by atoms with Gasteiger partial charge in [0.25, 0.3) is 0 Å². The quantitative estimate of drug-likeness (QED) is 0.727. The number of anilines is 1. The first kappa shape index (κ1) is 24.6. The summed E-state index contributed by atoms with van der Waals surface area (Å²) in [6, 6.07) is 6.14. The fourth-order valence-electron chi connectivity index (χ4n) is 3.08.